The third-order valence-corrected chi connectivity index (χ3v) is 6.70. The van der Waals surface area contributed by atoms with Crippen molar-refractivity contribution in [2.24, 2.45) is 0 Å². The molecule has 1 aliphatic heterocycles. The van der Waals surface area contributed by atoms with E-state index < -0.39 is 26.6 Å². The first-order chi connectivity index (χ1) is 12.7. The maximum atomic E-state index is 13.9. The fourth-order valence-electron chi connectivity index (χ4n) is 2.82. The summed E-state index contributed by atoms with van der Waals surface area (Å²) in [5, 5.41) is 0.579. The normalized spacial score (nSPS) is 15.8. The van der Waals surface area contributed by atoms with Crippen LogP contribution in [0.25, 0.3) is 0 Å². The molecule has 2 aromatic carbocycles. The molecule has 144 valence electrons. The van der Waals surface area contributed by atoms with E-state index in [4.69, 9.17) is 23.2 Å². The number of halogens is 4. The topological polar surface area (TPSA) is 57.7 Å². The first kappa shape index (κ1) is 20.0. The number of carbonyl (C=O) groups excluding carboxylic acids is 1. The van der Waals surface area contributed by atoms with E-state index in [1.54, 1.807) is 0 Å². The molecular weight excluding hydrogens is 421 g/mol. The van der Waals surface area contributed by atoms with Gasteiger partial charge in [0.05, 0.1) is 10.6 Å². The Morgan fingerprint density at radius 1 is 0.963 bits per heavy atom. The second kappa shape index (κ2) is 7.71. The third-order valence-electron chi connectivity index (χ3n) is 4.20. The van der Waals surface area contributed by atoms with Gasteiger partial charge < -0.3 is 4.90 Å². The summed E-state index contributed by atoms with van der Waals surface area (Å²) >= 11 is 11.9. The molecule has 1 amide bonds. The van der Waals surface area contributed by atoms with Gasteiger partial charge in [0.2, 0.25) is 10.0 Å². The van der Waals surface area contributed by atoms with Crippen molar-refractivity contribution in [1.82, 2.24) is 9.21 Å². The minimum atomic E-state index is -4.35. The second-order valence-corrected chi connectivity index (χ2v) is 8.59. The van der Waals surface area contributed by atoms with Crippen LogP contribution in [0.4, 0.5) is 8.78 Å². The summed E-state index contributed by atoms with van der Waals surface area (Å²) in [5.41, 5.74) is 0.248. The molecule has 0 atom stereocenters. The van der Waals surface area contributed by atoms with E-state index in [1.807, 2.05) is 0 Å². The van der Waals surface area contributed by atoms with Crippen LogP contribution >= 0.6 is 23.2 Å². The molecule has 1 fully saturated rings. The van der Waals surface area contributed by atoms with Crippen molar-refractivity contribution in [1.29, 1.82) is 0 Å². The van der Waals surface area contributed by atoms with Gasteiger partial charge in [0.15, 0.2) is 4.90 Å². The summed E-state index contributed by atoms with van der Waals surface area (Å²) in [6, 6.07) is 7.33. The van der Waals surface area contributed by atoms with Crippen LogP contribution in [0.3, 0.4) is 0 Å². The quantitative estimate of drug-likeness (QED) is 0.743. The fraction of sp³-hybridized carbons (Fsp3) is 0.235. The number of nitrogens with zero attached hydrogens (tertiary/aromatic N) is 2. The SMILES string of the molecule is O=C(c1ccc(Cl)cc1Cl)N1CCN(S(=O)(=O)c2c(F)cccc2F)CC1. The Labute approximate surface area is 165 Å². The minimum absolute atomic E-state index is 0.0626. The van der Waals surface area contributed by atoms with Crippen LogP contribution in [0, 0.1) is 11.6 Å². The number of rotatable bonds is 3. The van der Waals surface area contributed by atoms with Gasteiger partial charge in [0.1, 0.15) is 11.6 Å². The number of sulfonamides is 1. The molecule has 0 aliphatic carbocycles. The second-order valence-electron chi connectivity index (χ2n) is 5.87. The maximum absolute atomic E-state index is 13.9. The van der Waals surface area contributed by atoms with E-state index in [0.717, 1.165) is 22.5 Å². The molecule has 1 heterocycles. The first-order valence-electron chi connectivity index (χ1n) is 7.90. The molecule has 1 saturated heterocycles. The third kappa shape index (κ3) is 3.94. The highest BCUT2D eigenvalue weighted by Crippen LogP contribution is 2.25. The monoisotopic (exact) mass is 434 g/mol. The fourth-order valence-corrected chi connectivity index (χ4v) is 4.84. The van der Waals surface area contributed by atoms with Gasteiger partial charge in [-0.3, -0.25) is 4.79 Å². The Hall–Kier alpha value is -1.74. The predicted molar refractivity (Wildman–Crippen MR) is 97.5 cm³/mol. The Balaban J connectivity index is 1.76. The molecule has 0 aromatic heterocycles. The summed E-state index contributed by atoms with van der Waals surface area (Å²) in [6.45, 7) is -0.0553. The molecule has 3 rings (SSSR count). The molecule has 0 saturated carbocycles. The largest absolute Gasteiger partial charge is 0.336 e. The number of hydrogen-bond acceptors (Lipinski definition) is 3. The molecular formula is C17H14Cl2F2N2O3S. The number of hydrogen-bond donors (Lipinski definition) is 0. The molecule has 0 spiro atoms. The highest BCUT2D eigenvalue weighted by molar-refractivity contribution is 7.89. The van der Waals surface area contributed by atoms with Crippen LogP contribution in [0.15, 0.2) is 41.3 Å². The summed E-state index contributed by atoms with van der Waals surface area (Å²) in [4.78, 5) is 13.0. The lowest BCUT2D eigenvalue weighted by atomic mass is 10.2. The van der Waals surface area contributed by atoms with Gasteiger partial charge in [0.25, 0.3) is 5.91 Å². The van der Waals surface area contributed by atoms with Crippen LogP contribution in [-0.4, -0.2) is 49.7 Å². The van der Waals surface area contributed by atoms with E-state index >= 15 is 0 Å². The lowest BCUT2D eigenvalue weighted by molar-refractivity contribution is 0.0697. The maximum Gasteiger partial charge on any atom is 0.255 e. The van der Waals surface area contributed by atoms with Crippen molar-refractivity contribution in [3.63, 3.8) is 0 Å². The molecule has 0 bridgehead atoms. The Morgan fingerprint density at radius 3 is 2.11 bits per heavy atom. The molecule has 0 N–H and O–H groups in total. The van der Waals surface area contributed by atoms with Gasteiger partial charge in [0, 0.05) is 31.2 Å². The van der Waals surface area contributed by atoms with Gasteiger partial charge >= 0.3 is 0 Å². The van der Waals surface area contributed by atoms with Crippen LogP contribution in [-0.2, 0) is 10.0 Å². The summed E-state index contributed by atoms with van der Waals surface area (Å²) < 4.78 is 53.8. The standard InChI is InChI=1S/C17H14Cl2F2N2O3S/c18-11-4-5-12(13(19)10-11)17(24)22-6-8-23(9-7-22)27(25,26)16-14(20)2-1-3-15(16)21/h1-5,10H,6-9H2. The van der Waals surface area contributed by atoms with Crippen LogP contribution in [0.5, 0.6) is 0 Å². The van der Waals surface area contributed by atoms with Crippen molar-refractivity contribution in [3.8, 4) is 0 Å². The van der Waals surface area contributed by atoms with E-state index in [-0.39, 0.29) is 42.7 Å². The lowest BCUT2D eigenvalue weighted by Gasteiger charge is -2.34. The number of benzene rings is 2. The van der Waals surface area contributed by atoms with Gasteiger partial charge in [-0.1, -0.05) is 29.3 Å². The summed E-state index contributed by atoms with van der Waals surface area (Å²) in [5.74, 6) is -2.67. The van der Waals surface area contributed by atoms with E-state index in [9.17, 15) is 22.0 Å². The Bertz CT molecular complexity index is 973. The molecule has 1 aliphatic rings. The average Bonchev–Trinajstić information content (AvgIpc) is 2.61. The van der Waals surface area contributed by atoms with Gasteiger partial charge in [-0.15, -0.1) is 0 Å². The van der Waals surface area contributed by atoms with Crippen LogP contribution < -0.4 is 0 Å². The van der Waals surface area contributed by atoms with Crippen molar-refractivity contribution in [2.75, 3.05) is 26.2 Å². The van der Waals surface area contributed by atoms with E-state index in [0.29, 0.717) is 5.02 Å². The lowest BCUT2D eigenvalue weighted by Crippen LogP contribution is -2.50. The van der Waals surface area contributed by atoms with E-state index in [1.165, 1.54) is 23.1 Å². The molecule has 0 unspecified atom stereocenters. The number of amides is 1. The van der Waals surface area contributed by atoms with Gasteiger partial charge in [-0.2, -0.15) is 4.31 Å². The zero-order valence-corrected chi connectivity index (χ0v) is 16.2. The van der Waals surface area contributed by atoms with Crippen LogP contribution in [0.1, 0.15) is 10.4 Å². The van der Waals surface area contributed by atoms with Crippen molar-refractivity contribution in [3.05, 3.63) is 63.6 Å². The first-order valence-corrected chi connectivity index (χ1v) is 10.1. The number of piperazine rings is 1. The minimum Gasteiger partial charge on any atom is -0.336 e. The zero-order chi connectivity index (χ0) is 19.8. The average molecular weight is 435 g/mol. The van der Waals surface area contributed by atoms with Crippen molar-refractivity contribution in [2.45, 2.75) is 4.90 Å². The number of carbonyl (C=O) groups is 1. The van der Waals surface area contributed by atoms with E-state index in [2.05, 4.69) is 0 Å². The Morgan fingerprint density at radius 2 is 1.56 bits per heavy atom. The molecule has 5 nitrogen and oxygen atoms in total. The Kier molecular flexibility index (Phi) is 5.71. The molecule has 0 radical (unpaired) electrons. The van der Waals surface area contributed by atoms with Gasteiger partial charge in [-0.05, 0) is 30.3 Å². The summed E-state index contributed by atoms with van der Waals surface area (Å²) in [6.07, 6.45) is 0. The zero-order valence-electron chi connectivity index (χ0n) is 13.8. The van der Waals surface area contributed by atoms with Gasteiger partial charge in [-0.25, -0.2) is 17.2 Å². The highest BCUT2D eigenvalue weighted by Gasteiger charge is 2.34. The van der Waals surface area contributed by atoms with Crippen molar-refractivity contribution >= 4 is 39.1 Å². The molecule has 2 aromatic rings. The molecule has 10 heteroatoms. The van der Waals surface area contributed by atoms with Crippen LogP contribution in [0.2, 0.25) is 10.0 Å². The smallest absolute Gasteiger partial charge is 0.255 e. The summed E-state index contributed by atoms with van der Waals surface area (Å²) in [7, 11) is -4.35. The van der Waals surface area contributed by atoms with Crippen molar-refractivity contribution < 1.29 is 22.0 Å². The predicted octanol–water partition coefficient (Wildman–Crippen LogP) is 3.42. The molecule has 27 heavy (non-hydrogen) atoms. The highest BCUT2D eigenvalue weighted by atomic mass is 35.5.